The van der Waals surface area contributed by atoms with Gasteiger partial charge in [-0.05, 0) is 45.0 Å². The van der Waals surface area contributed by atoms with Crippen LogP contribution in [0.5, 0.6) is 5.75 Å². The molecule has 158 valence electrons. The number of benzene rings is 1. The molecule has 0 aliphatic rings. The molecule has 1 aromatic carbocycles. The van der Waals surface area contributed by atoms with E-state index in [1.807, 2.05) is 4.72 Å². The summed E-state index contributed by atoms with van der Waals surface area (Å²) in [5.74, 6) is -1.05. The Morgan fingerprint density at radius 3 is 2.63 bits per heavy atom. The molecule has 2 N–H and O–H groups in total. The lowest BCUT2D eigenvalue weighted by Gasteiger charge is -2.11. The maximum absolute atomic E-state index is 12.6. The standard InChI is InChI=1S/C20H21N3O6S/c1-4-28-20(25)18-8-14-7-13(5-6-17(14)22-18)19(24)23-30(26,27)16-9-15(10-21-11-16)29-12(2)3/h5-12,22H,4H2,1-3H3,(H,23,24). The summed E-state index contributed by atoms with van der Waals surface area (Å²) < 4.78 is 37.6. The van der Waals surface area contributed by atoms with E-state index >= 15 is 0 Å². The third-order valence-electron chi connectivity index (χ3n) is 3.98. The van der Waals surface area contributed by atoms with Gasteiger partial charge in [0.15, 0.2) is 0 Å². The van der Waals surface area contributed by atoms with Gasteiger partial charge in [0.05, 0.1) is 18.9 Å². The van der Waals surface area contributed by atoms with Crippen molar-refractivity contribution in [2.45, 2.75) is 31.8 Å². The highest BCUT2D eigenvalue weighted by Crippen LogP contribution is 2.20. The number of fused-ring (bicyclic) bond motifs is 1. The first kappa shape index (κ1) is 21.3. The molecule has 0 aliphatic carbocycles. The Kier molecular flexibility index (Phi) is 6.06. The van der Waals surface area contributed by atoms with Gasteiger partial charge >= 0.3 is 5.97 Å². The van der Waals surface area contributed by atoms with Crippen LogP contribution in [-0.2, 0) is 14.8 Å². The molecule has 2 heterocycles. The van der Waals surface area contributed by atoms with E-state index in [1.165, 1.54) is 30.5 Å². The second-order valence-corrected chi connectivity index (χ2v) is 8.35. The number of pyridine rings is 1. The smallest absolute Gasteiger partial charge is 0.354 e. The second kappa shape index (κ2) is 8.54. The molecule has 0 unspecified atom stereocenters. The first-order valence-corrected chi connectivity index (χ1v) is 10.7. The van der Waals surface area contributed by atoms with Gasteiger partial charge in [0.2, 0.25) is 0 Å². The van der Waals surface area contributed by atoms with Crippen LogP contribution in [0.25, 0.3) is 10.9 Å². The highest BCUT2D eigenvalue weighted by atomic mass is 32.2. The van der Waals surface area contributed by atoms with Gasteiger partial charge in [-0.2, -0.15) is 0 Å². The first-order chi connectivity index (χ1) is 14.2. The first-order valence-electron chi connectivity index (χ1n) is 9.18. The summed E-state index contributed by atoms with van der Waals surface area (Å²) in [6.07, 6.45) is 2.36. The van der Waals surface area contributed by atoms with E-state index in [1.54, 1.807) is 26.8 Å². The summed E-state index contributed by atoms with van der Waals surface area (Å²) in [5, 5.41) is 0.567. The van der Waals surface area contributed by atoms with Crippen molar-refractivity contribution >= 4 is 32.8 Å². The van der Waals surface area contributed by atoms with Crippen molar-refractivity contribution in [1.82, 2.24) is 14.7 Å². The largest absolute Gasteiger partial charge is 0.489 e. The van der Waals surface area contributed by atoms with E-state index in [-0.39, 0.29) is 34.6 Å². The fourth-order valence-electron chi connectivity index (χ4n) is 2.72. The third kappa shape index (κ3) is 4.77. The van der Waals surface area contributed by atoms with E-state index in [0.717, 1.165) is 6.20 Å². The number of H-pyrrole nitrogens is 1. The maximum atomic E-state index is 12.6. The molecule has 0 spiro atoms. The number of hydrogen-bond donors (Lipinski definition) is 2. The zero-order valence-corrected chi connectivity index (χ0v) is 17.4. The van der Waals surface area contributed by atoms with E-state index in [9.17, 15) is 18.0 Å². The lowest BCUT2D eigenvalue weighted by Crippen LogP contribution is -2.30. The van der Waals surface area contributed by atoms with Crippen molar-refractivity contribution < 1.29 is 27.5 Å². The van der Waals surface area contributed by atoms with E-state index in [4.69, 9.17) is 9.47 Å². The minimum atomic E-state index is -4.16. The Bertz CT molecular complexity index is 1200. The molecule has 0 radical (unpaired) electrons. The predicted octanol–water partition coefficient (Wildman–Crippen LogP) is 2.65. The Hall–Kier alpha value is -3.40. The van der Waals surface area contributed by atoms with Gasteiger partial charge in [0.25, 0.3) is 15.9 Å². The minimum Gasteiger partial charge on any atom is -0.489 e. The Labute approximate surface area is 173 Å². The van der Waals surface area contributed by atoms with Crippen LogP contribution in [0, 0.1) is 0 Å². The Morgan fingerprint density at radius 2 is 1.93 bits per heavy atom. The molecular formula is C20H21N3O6S. The van der Waals surface area contributed by atoms with Crippen LogP contribution in [-0.4, -0.2) is 43.0 Å². The van der Waals surface area contributed by atoms with Gasteiger partial charge in [-0.15, -0.1) is 0 Å². The molecule has 0 bridgehead atoms. The van der Waals surface area contributed by atoms with E-state index in [2.05, 4.69) is 9.97 Å². The third-order valence-corrected chi connectivity index (χ3v) is 5.27. The quantitative estimate of drug-likeness (QED) is 0.551. The number of amides is 1. The second-order valence-electron chi connectivity index (χ2n) is 6.66. The Balaban J connectivity index is 1.82. The predicted molar refractivity (Wildman–Crippen MR) is 109 cm³/mol. The molecular weight excluding hydrogens is 410 g/mol. The van der Waals surface area contributed by atoms with Crippen LogP contribution in [0.4, 0.5) is 0 Å². The average molecular weight is 431 g/mol. The zero-order valence-electron chi connectivity index (χ0n) is 16.6. The normalized spacial score (nSPS) is 11.5. The number of carbonyl (C=O) groups excluding carboxylic acids is 2. The number of sulfonamides is 1. The van der Waals surface area contributed by atoms with Crippen molar-refractivity contribution in [3.63, 3.8) is 0 Å². The maximum Gasteiger partial charge on any atom is 0.354 e. The van der Waals surface area contributed by atoms with Crippen LogP contribution in [0.1, 0.15) is 41.6 Å². The van der Waals surface area contributed by atoms with E-state index in [0.29, 0.717) is 10.9 Å². The zero-order chi connectivity index (χ0) is 21.9. The van der Waals surface area contributed by atoms with Crippen LogP contribution < -0.4 is 9.46 Å². The number of esters is 1. The number of carbonyl (C=O) groups is 2. The van der Waals surface area contributed by atoms with Crippen molar-refractivity contribution in [3.8, 4) is 5.75 Å². The number of nitrogens with zero attached hydrogens (tertiary/aromatic N) is 1. The molecule has 3 aromatic rings. The summed E-state index contributed by atoms with van der Waals surface area (Å²) in [5.41, 5.74) is 0.966. The summed E-state index contributed by atoms with van der Waals surface area (Å²) in [4.78, 5) is 30.9. The van der Waals surface area contributed by atoms with Gasteiger partial charge in [-0.1, -0.05) is 0 Å². The average Bonchev–Trinajstić information content (AvgIpc) is 3.11. The van der Waals surface area contributed by atoms with Crippen LogP contribution in [0.2, 0.25) is 0 Å². The molecule has 3 rings (SSSR count). The summed E-state index contributed by atoms with van der Waals surface area (Å²) >= 11 is 0. The molecule has 10 heteroatoms. The van der Waals surface area contributed by atoms with Gasteiger partial charge in [0.1, 0.15) is 16.3 Å². The highest BCUT2D eigenvalue weighted by molar-refractivity contribution is 7.90. The number of aromatic nitrogens is 2. The molecule has 0 fully saturated rings. The SMILES string of the molecule is CCOC(=O)c1cc2cc(C(=O)NS(=O)(=O)c3cncc(OC(C)C)c3)ccc2[nH]1. The molecule has 30 heavy (non-hydrogen) atoms. The van der Waals surface area contributed by atoms with Gasteiger partial charge in [-0.25, -0.2) is 17.9 Å². The number of aromatic amines is 1. The number of nitrogens with one attached hydrogen (secondary N) is 2. The molecule has 0 saturated carbocycles. The molecule has 9 nitrogen and oxygen atoms in total. The lowest BCUT2D eigenvalue weighted by atomic mass is 10.1. The summed E-state index contributed by atoms with van der Waals surface area (Å²) in [6, 6.07) is 7.35. The fraction of sp³-hybridized carbons (Fsp3) is 0.250. The minimum absolute atomic E-state index is 0.114. The molecule has 0 aliphatic heterocycles. The fourth-order valence-corrected chi connectivity index (χ4v) is 3.67. The molecule has 2 aromatic heterocycles. The van der Waals surface area contributed by atoms with E-state index < -0.39 is 21.9 Å². The van der Waals surface area contributed by atoms with Crippen LogP contribution in [0.15, 0.2) is 47.6 Å². The van der Waals surface area contributed by atoms with Crippen molar-refractivity contribution in [1.29, 1.82) is 0 Å². The lowest BCUT2D eigenvalue weighted by molar-refractivity contribution is 0.0520. The van der Waals surface area contributed by atoms with Gasteiger partial charge in [-0.3, -0.25) is 9.78 Å². The molecule has 0 atom stereocenters. The summed E-state index contributed by atoms with van der Waals surface area (Å²) in [7, 11) is -4.16. The monoisotopic (exact) mass is 431 g/mol. The van der Waals surface area contributed by atoms with Crippen LogP contribution >= 0.6 is 0 Å². The van der Waals surface area contributed by atoms with Crippen molar-refractivity contribution in [2.24, 2.45) is 0 Å². The number of rotatable bonds is 7. The van der Waals surface area contributed by atoms with Crippen LogP contribution in [0.3, 0.4) is 0 Å². The van der Waals surface area contributed by atoms with Gasteiger partial charge in [0, 0.05) is 28.7 Å². The molecule has 1 amide bonds. The number of ether oxygens (including phenoxy) is 2. The molecule has 0 saturated heterocycles. The topological polar surface area (TPSA) is 127 Å². The highest BCUT2D eigenvalue weighted by Gasteiger charge is 2.21. The van der Waals surface area contributed by atoms with Crippen molar-refractivity contribution in [3.05, 3.63) is 54.0 Å². The number of hydrogen-bond acceptors (Lipinski definition) is 7. The van der Waals surface area contributed by atoms with Crippen molar-refractivity contribution in [2.75, 3.05) is 6.61 Å². The Morgan fingerprint density at radius 1 is 1.17 bits per heavy atom. The summed E-state index contributed by atoms with van der Waals surface area (Å²) in [6.45, 7) is 5.53. The van der Waals surface area contributed by atoms with Gasteiger partial charge < -0.3 is 14.5 Å².